The van der Waals surface area contributed by atoms with Crippen LogP contribution in [-0.2, 0) is 6.54 Å². The van der Waals surface area contributed by atoms with Gasteiger partial charge in [-0.05, 0) is 24.3 Å². The molecule has 0 bridgehead atoms. The number of aromatic nitrogens is 2. The Morgan fingerprint density at radius 2 is 1.67 bits per heavy atom. The van der Waals surface area contributed by atoms with E-state index in [0.717, 1.165) is 0 Å². The highest BCUT2D eigenvalue weighted by Crippen LogP contribution is 2.37. The van der Waals surface area contributed by atoms with Gasteiger partial charge in [0, 0.05) is 29.0 Å². The number of benzene rings is 1. The maximum Gasteiger partial charge on any atom is 0.388 e. The Morgan fingerprint density at radius 3 is 2.37 bits per heavy atom. The largest absolute Gasteiger partial charge is 0.434 e. The first-order chi connectivity index (χ1) is 14.4. The number of hydrogen-bond acceptors (Lipinski definition) is 5. The van der Waals surface area contributed by atoms with Crippen LogP contribution in [0.25, 0.3) is 11.3 Å². The van der Waals surface area contributed by atoms with Gasteiger partial charge in [-0.2, -0.15) is 17.6 Å². The molecule has 4 rings (SSSR count). The van der Waals surface area contributed by atoms with E-state index in [1.54, 1.807) is 18.2 Å². The number of anilines is 1. The molecule has 2 aromatic heterocycles. The van der Waals surface area contributed by atoms with Crippen molar-refractivity contribution in [3.05, 3.63) is 66.0 Å². The van der Waals surface area contributed by atoms with Crippen LogP contribution in [0.4, 0.5) is 23.2 Å². The summed E-state index contributed by atoms with van der Waals surface area (Å²) in [6.07, 6.45) is 2.65. The predicted octanol–water partition coefficient (Wildman–Crippen LogP) is 4.51. The van der Waals surface area contributed by atoms with Gasteiger partial charge in [0.1, 0.15) is 5.75 Å². The lowest BCUT2D eigenvalue weighted by atomic mass is 10.0. The number of pyridine rings is 2. The Bertz CT molecular complexity index is 1080. The SMILES string of the molecule is O=C1c2ccnc(-c3ccccc3OC(F)F)c2CN1c1ccc(OC(F)F)nc1. The van der Waals surface area contributed by atoms with Crippen LogP contribution in [0.15, 0.2) is 54.9 Å². The summed E-state index contributed by atoms with van der Waals surface area (Å²) in [5.74, 6) is -0.696. The molecule has 0 aliphatic carbocycles. The van der Waals surface area contributed by atoms with Crippen LogP contribution in [0.3, 0.4) is 0 Å². The maximum atomic E-state index is 12.9. The van der Waals surface area contributed by atoms with Crippen LogP contribution in [-0.4, -0.2) is 29.1 Å². The van der Waals surface area contributed by atoms with Gasteiger partial charge < -0.3 is 14.4 Å². The van der Waals surface area contributed by atoms with Gasteiger partial charge in [0.25, 0.3) is 5.91 Å². The molecule has 0 unspecified atom stereocenters. The highest BCUT2D eigenvalue weighted by molar-refractivity contribution is 6.11. The molecule has 0 N–H and O–H groups in total. The molecule has 3 heterocycles. The van der Waals surface area contributed by atoms with Gasteiger partial charge in [-0.3, -0.25) is 9.78 Å². The van der Waals surface area contributed by atoms with E-state index in [-0.39, 0.29) is 24.1 Å². The molecular formula is C20H13F4N3O3. The van der Waals surface area contributed by atoms with Crippen molar-refractivity contribution >= 4 is 11.6 Å². The van der Waals surface area contributed by atoms with Gasteiger partial charge in [0.05, 0.1) is 24.1 Å². The lowest BCUT2D eigenvalue weighted by Crippen LogP contribution is -2.23. The van der Waals surface area contributed by atoms with Crippen molar-refractivity contribution in [2.75, 3.05) is 4.90 Å². The molecule has 1 aliphatic heterocycles. The van der Waals surface area contributed by atoms with Gasteiger partial charge >= 0.3 is 13.2 Å². The number of carbonyl (C=O) groups excluding carboxylic acids is 1. The number of rotatable bonds is 6. The predicted molar refractivity (Wildman–Crippen MR) is 97.7 cm³/mol. The van der Waals surface area contributed by atoms with E-state index in [1.807, 2.05) is 0 Å². The third-order valence-electron chi connectivity index (χ3n) is 4.45. The summed E-state index contributed by atoms with van der Waals surface area (Å²) in [7, 11) is 0. The Kier molecular flexibility index (Phi) is 5.21. The Morgan fingerprint density at radius 1 is 0.900 bits per heavy atom. The van der Waals surface area contributed by atoms with Crippen molar-refractivity contribution in [2.45, 2.75) is 19.8 Å². The standard InChI is InChI=1S/C20H13F4N3O3/c21-19(22)29-15-4-2-1-3-13(15)17-14-10-27(18(28)12(14)7-8-25-17)11-5-6-16(26-9-11)30-20(23)24/h1-9,19-20H,10H2. The molecule has 0 atom stereocenters. The molecule has 0 fully saturated rings. The number of hydrogen-bond donors (Lipinski definition) is 0. The zero-order valence-electron chi connectivity index (χ0n) is 15.1. The smallest absolute Gasteiger partial charge is 0.388 e. The molecule has 1 amide bonds. The average molecular weight is 419 g/mol. The number of halogens is 4. The fraction of sp³-hybridized carbons (Fsp3) is 0.150. The third kappa shape index (κ3) is 3.76. The van der Waals surface area contributed by atoms with Crippen LogP contribution in [0.1, 0.15) is 15.9 Å². The van der Waals surface area contributed by atoms with Crippen molar-refractivity contribution in [2.24, 2.45) is 0 Å². The molecule has 10 heteroatoms. The molecule has 1 aromatic carbocycles. The fourth-order valence-electron chi connectivity index (χ4n) is 3.22. The molecule has 0 spiro atoms. The average Bonchev–Trinajstić information content (AvgIpc) is 3.05. The number of amides is 1. The second-order valence-electron chi connectivity index (χ2n) is 6.18. The molecule has 3 aromatic rings. The monoisotopic (exact) mass is 419 g/mol. The van der Waals surface area contributed by atoms with Crippen molar-refractivity contribution in [1.29, 1.82) is 0 Å². The molecule has 6 nitrogen and oxygen atoms in total. The van der Waals surface area contributed by atoms with Crippen LogP contribution in [0.5, 0.6) is 11.6 Å². The highest BCUT2D eigenvalue weighted by atomic mass is 19.3. The first kappa shape index (κ1) is 19.6. The van der Waals surface area contributed by atoms with E-state index in [9.17, 15) is 22.4 Å². The van der Waals surface area contributed by atoms with E-state index in [2.05, 4.69) is 19.4 Å². The maximum absolute atomic E-state index is 12.9. The minimum atomic E-state index is -3.01. The summed E-state index contributed by atoms with van der Waals surface area (Å²) in [4.78, 5) is 22.3. The molecule has 0 saturated heterocycles. The van der Waals surface area contributed by atoms with Gasteiger partial charge in [-0.1, -0.05) is 12.1 Å². The van der Waals surface area contributed by atoms with Gasteiger partial charge in [0.2, 0.25) is 5.88 Å². The number of carbonyl (C=O) groups is 1. The Labute approximate surface area is 167 Å². The number of para-hydroxylation sites is 1. The topological polar surface area (TPSA) is 64.5 Å². The lowest BCUT2D eigenvalue weighted by Gasteiger charge is -2.16. The van der Waals surface area contributed by atoms with Crippen molar-refractivity contribution in [1.82, 2.24) is 9.97 Å². The number of nitrogens with zero attached hydrogens (tertiary/aromatic N) is 3. The second kappa shape index (κ2) is 7.97. The summed E-state index contributed by atoms with van der Waals surface area (Å²) in [5, 5.41) is 0. The van der Waals surface area contributed by atoms with E-state index in [0.29, 0.717) is 28.1 Å². The first-order valence-electron chi connectivity index (χ1n) is 8.69. The summed E-state index contributed by atoms with van der Waals surface area (Å²) in [6, 6.07) is 10.3. The zero-order chi connectivity index (χ0) is 21.3. The van der Waals surface area contributed by atoms with Gasteiger partial charge in [-0.15, -0.1) is 0 Å². The summed E-state index contributed by atoms with van der Waals surface area (Å²) in [5.41, 5.74) is 1.90. The van der Waals surface area contributed by atoms with Crippen LogP contribution in [0, 0.1) is 0 Å². The second-order valence-corrected chi connectivity index (χ2v) is 6.18. The number of fused-ring (bicyclic) bond motifs is 1. The fourth-order valence-corrected chi connectivity index (χ4v) is 3.22. The van der Waals surface area contributed by atoms with Crippen LogP contribution >= 0.6 is 0 Å². The van der Waals surface area contributed by atoms with E-state index < -0.39 is 13.2 Å². The summed E-state index contributed by atoms with van der Waals surface area (Å²) >= 11 is 0. The quantitative estimate of drug-likeness (QED) is 0.551. The molecule has 154 valence electrons. The summed E-state index contributed by atoms with van der Waals surface area (Å²) in [6.45, 7) is -5.93. The molecule has 1 aliphatic rings. The van der Waals surface area contributed by atoms with Crippen LogP contribution in [0.2, 0.25) is 0 Å². The number of alkyl halides is 4. The van der Waals surface area contributed by atoms with Gasteiger partial charge in [0.15, 0.2) is 0 Å². The molecular weight excluding hydrogens is 406 g/mol. The van der Waals surface area contributed by atoms with Crippen LogP contribution < -0.4 is 14.4 Å². The molecule has 0 radical (unpaired) electrons. The number of ether oxygens (including phenoxy) is 2. The molecule has 30 heavy (non-hydrogen) atoms. The van der Waals surface area contributed by atoms with Crippen molar-refractivity contribution in [3.8, 4) is 22.9 Å². The minimum absolute atomic E-state index is 0.0607. The summed E-state index contributed by atoms with van der Waals surface area (Å²) < 4.78 is 58.9. The Hall–Kier alpha value is -3.69. The molecule has 0 saturated carbocycles. The highest BCUT2D eigenvalue weighted by Gasteiger charge is 2.32. The van der Waals surface area contributed by atoms with Crippen molar-refractivity contribution in [3.63, 3.8) is 0 Å². The Balaban J connectivity index is 1.68. The van der Waals surface area contributed by atoms with Gasteiger partial charge in [-0.25, -0.2) is 4.98 Å². The lowest BCUT2D eigenvalue weighted by molar-refractivity contribution is -0.0529. The van der Waals surface area contributed by atoms with E-state index in [4.69, 9.17) is 0 Å². The minimum Gasteiger partial charge on any atom is -0.434 e. The van der Waals surface area contributed by atoms with Crippen molar-refractivity contribution < 1.29 is 31.8 Å². The normalized spacial score (nSPS) is 13.1. The first-order valence-corrected chi connectivity index (χ1v) is 8.69. The zero-order valence-corrected chi connectivity index (χ0v) is 15.1. The third-order valence-corrected chi connectivity index (χ3v) is 4.45. The van der Waals surface area contributed by atoms with E-state index >= 15 is 0 Å². The van der Waals surface area contributed by atoms with E-state index in [1.165, 1.54) is 41.6 Å².